The number of anilines is 3. The van der Waals surface area contributed by atoms with E-state index in [2.05, 4.69) is 5.32 Å². The summed E-state index contributed by atoms with van der Waals surface area (Å²) in [5, 5.41) is 2.61. The van der Waals surface area contributed by atoms with Crippen molar-refractivity contribution < 1.29 is 13.2 Å². The van der Waals surface area contributed by atoms with Crippen LogP contribution >= 0.6 is 0 Å². The molecule has 21 heavy (non-hydrogen) atoms. The molecule has 0 aliphatic rings. The molecule has 0 spiro atoms. The number of benzene rings is 2. The molecule has 0 heterocycles. The van der Waals surface area contributed by atoms with Gasteiger partial charge in [0.1, 0.15) is 0 Å². The Morgan fingerprint density at radius 3 is 2.43 bits per heavy atom. The van der Waals surface area contributed by atoms with Crippen LogP contribution in [0.1, 0.15) is 10.4 Å². The first-order valence-corrected chi connectivity index (χ1v) is 7.93. The van der Waals surface area contributed by atoms with Gasteiger partial charge in [-0.15, -0.1) is 0 Å². The van der Waals surface area contributed by atoms with E-state index in [0.29, 0.717) is 11.4 Å². The number of nitrogens with two attached hydrogens (primary N) is 2. The maximum Gasteiger partial charge on any atom is 0.257 e. The van der Waals surface area contributed by atoms with E-state index in [1.807, 2.05) is 0 Å². The van der Waals surface area contributed by atoms with Gasteiger partial charge in [0, 0.05) is 23.3 Å². The molecule has 0 aliphatic heterocycles. The molecule has 1 amide bonds. The summed E-state index contributed by atoms with van der Waals surface area (Å²) in [4.78, 5) is 12.3. The molecular weight excluding hydrogens is 290 g/mol. The number of hydrogen-bond donors (Lipinski definition) is 3. The Morgan fingerprint density at radius 1 is 1.10 bits per heavy atom. The first-order valence-electron chi connectivity index (χ1n) is 6.04. The lowest BCUT2D eigenvalue weighted by Crippen LogP contribution is -2.14. The quantitative estimate of drug-likeness (QED) is 0.743. The van der Waals surface area contributed by atoms with Crippen molar-refractivity contribution in [3.05, 3.63) is 48.0 Å². The van der Waals surface area contributed by atoms with Crippen LogP contribution in [0, 0.1) is 0 Å². The van der Waals surface area contributed by atoms with Gasteiger partial charge in [0.25, 0.3) is 5.91 Å². The summed E-state index contributed by atoms with van der Waals surface area (Å²) in [7, 11) is -3.33. The molecule has 7 heteroatoms. The van der Waals surface area contributed by atoms with Crippen molar-refractivity contribution in [1.82, 2.24) is 0 Å². The lowest BCUT2D eigenvalue weighted by Gasteiger charge is -2.09. The van der Waals surface area contributed by atoms with Crippen LogP contribution in [0.15, 0.2) is 47.4 Å². The van der Waals surface area contributed by atoms with Gasteiger partial charge in [-0.1, -0.05) is 6.07 Å². The van der Waals surface area contributed by atoms with Crippen LogP contribution in [0.3, 0.4) is 0 Å². The predicted octanol–water partition coefficient (Wildman–Crippen LogP) is 1.51. The van der Waals surface area contributed by atoms with E-state index in [-0.39, 0.29) is 16.1 Å². The maximum atomic E-state index is 12.1. The number of sulfone groups is 1. The van der Waals surface area contributed by atoms with E-state index in [9.17, 15) is 13.2 Å². The van der Waals surface area contributed by atoms with Crippen molar-refractivity contribution in [3.8, 4) is 0 Å². The largest absolute Gasteiger partial charge is 0.399 e. The molecule has 0 saturated heterocycles. The standard InChI is InChI=1S/C14H15N3O3S/c1-21(19,20)11-4-2-3-10(8-11)17-14(18)12-6-5-9(15)7-13(12)16/h2-8H,15-16H2,1H3,(H,17,18). The van der Waals surface area contributed by atoms with Gasteiger partial charge in [-0.2, -0.15) is 0 Å². The van der Waals surface area contributed by atoms with Crippen LogP contribution < -0.4 is 16.8 Å². The Labute approximate surface area is 122 Å². The summed E-state index contributed by atoms with van der Waals surface area (Å²) >= 11 is 0. The van der Waals surface area contributed by atoms with E-state index >= 15 is 0 Å². The van der Waals surface area contributed by atoms with Crippen molar-refractivity contribution >= 4 is 32.8 Å². The first kappa shape index (κ1) is 14.9. The summed E-state index contributed by atoms with van der Waals surface area (Å²) < 4.78 is 23.0. The summed E-state index contributed by atoms with van der Waals surface area (Å²) in [5.74, 6) is -0.432. The van der Waals surface area contributed by atoms with Gasteiger partial charge in [-0.3, -0.25) is 4.79 Å². The van der Waals surface area contributed by atoms with Gasteiger partial charge in [0.15, 0.2) is 9.84 Å². The second kappa shape index (κ2) is 5.45. The van der Waals surface area contributed by atoms with Gasteiger partial charge >= 0.3 is 0 Å². The minimum absolute atomic E-state index is 0.130. The van der Waals surface area contributed by atoms with Crippen molar-refractivity contribution in [2.24, 2.45) is 0 Å². The van der Waals surface area contributed by atoms with Crippen LogP contribution in [0.5, 0.6) is 0 Å². The Morgan fingerprint density at radius 2 is 1.81 bits per heavy atom. The maximum absolute atomic E-state index is 12.1. The minimum atomic E-state index is -3.33. The summed E-state index contributed by atoms with van der Waals surface area (Å²) in [6.07, 6.45) is 1.10. The molecule has 0 aliphatic carbocycles. The third-order valence-corrected chi connectivity index (χ3v) is 3.95. The molecular formula is C14H15N3O3S. The van der Waals surface area contributed by atoms with Crippen molar-refractivity contribution in [2.45, 2.75) is 4.90 Å². The average Bonchev–Trinajstić information content (AvgIpc) is 2.37. The normalized spacial score (nSPS) is 11.1. The van der Waals surface area contributed by atoms with E-state index in [0.717, 1.165) is 6.26 Å². The zero-order valence-electron chi connectivity index (χ0n) is 11.3. The number of rotatable bonds is 3. The molecule has 110 valence electrons. The van der Waals surface area contributed by atoms with E-state index in [1.54, 1.807) is 18.2 Å². The fourth-order valence-corrected chi connectivity index (χ4v) is 2.46. The highest BCUT2D eigenvalue weighted by atomic mass is 32.2. The number of nitrogens with one attached hydrogen (secondary N) is 1. The second-order valence-electron chi connectivity index (χ2n) is 4.60. The minimum Gasteiger partial charge on any atom is -0.399 e. The molecule has 0 atom stereocenters. The number of carbonyl (C=O) groups is 1. The Hall–Kier alpha value is -2.54. The van der Waals surface area contributed by atoms with Gasteiger partial charge < -0.3 is 16.8 Å². The van der Waals surface area contributed by atoms with Gasteiger partial charge in [0.2, 0.25) is 0 Å². The van der Waals surface area contributed by atoms with E-state index in [1.165, 1.54) is 24.3 Å². The Balaban J connectivity index is 2.28. The third kappa shape index (κ3) is 3.51. The lowest BCUT2D eigenvalue weighted by molar-refractivity contribution is 0.102. The highest BCUT2D eigenvalue weighted by Gasteiger charge is 2.12. The monoisotopic (exact) mass is 305 g/mol. The first-order chi connectivity index (χ1) is 9.77. The molecule has 0 radical (unpaired) electrons. The second-order valence-corrected chi connectivity index (χ2v) is 6.62. The number of hydrogen-bond acceptors (Lipinski definition) is 5. The molecule has 0 fully saturated rings. The van der Waals surface area contributed by atoms with Gasteiger partial charge in [0.05, 0.1) is 10.5 Å². The molecule has 0 saturated carbocycles. The smallest absolute Gasteiger partial charge is 0.257 e. The number of nitrogen functional groups attached to an aromatic ring is 2. The molecule has 6 nitrogen and oxygen atoms in total. The van der Waals surface area contributed by atoms with Crippen LogP contribution in [0.2, 0.25) is 0 Å². The Kier molecular flexibility index (Phi) is 3.86. The van der Waals surface area contributed by atoms with Crippen molar-refractivity contribution in [2.75, 3.05) is 23.0 Å². The van der Waals surface area contributed by atoms with Crippen LogP contribution in [-0.4, -0.2) is 20.6 Å². The number of amides is 1. The van der Waals surface area contributed by atoms with E-state index < -0.39 is 15.7 Å². The zero-order valence-corrected chi connectivity index (χ0v) is 12.1. The van der Waals surface area contributed by atoms with E-state index in [4.69, 9.17) is 11.5 Å². The fourth-order valence-electron chi connectivity index (χ4n) is 1.79. The highest BCUT2D eigenvalue weighted by molar-refractivity contribution is 7.90. The van der Waals surface area contributed by atoms with Crippen molar-refractivity contribution in [1.29, 1.82) is 0 Å². The summed E-state index contributed by atoms with van der Waals surface area (Å²) in [5.41, 5.74) is 12.7. The third-order valence-electron chi connectivity index (χ3n) is 2.84. The molecule has 0 unspecified atom stereocenters. The van der Waals surface area contributed by atoms with Crippen LogP contribution in [0.4, 0.5) is 17.1 Å². The number of carbonyl (C=O) groups excluding carboxylic acids is 1. The molecule has 5 N–H and O–H groups in total. The summed E-state index contributed by atoms with van der Waals surface area (Å²) in [6, 6.07) is 10.6. The molecule has 2 aromatic rings. The fraction of sp³-hybridized carbons (Fsp3) is 0.0714. The predicted molar refractivity (Wildman–Crippen MR) is 82.8 cm³/mol. The highest BCUT2D eigenvalue weighted by Crippen LogP contribution is 2.19. The van der Waals surface area contributed by atoms with Crippen molar-refractivity contribution in [3.63, 3.8) is 0 Å². The van der Waals surface area contributed by atoms with Crippen LogP contribution in [0.25, 0.3) is 0 Å². The molecule has 0 aromatic heterocycles. The SMILES string of the molecule is CS(=O)(=O)c1cccc(NC(=O)c2ccc(N)cc2N)c1. The zero-order chi connectivity index (χ0) is 15.6. The average molecular weight is 305 g/mol. The summed E-state index contributed by atoms with van der Waals surface area (Å²) in [6.45, 7) is 0. The molecule has 2 rings (SSSR count). The molecule has 0 bridgehead atoms. The lowest BCUT2D eigenvalue weighted by atomic mass is 10.1. The van der Waals surface area contributed by atoms with Crippen LogP contribution in [-0.2, 0) is 9.84 Å². The van der Waals surface area contributed by atoms with Gasteiger partial charge in [-0.05, 0) is 36.4 Å². The Bertz CT molecular complexity index is 801. The van der Waals surface area contributed by atoms with Gasteiger partial charge in [-0.25, -0.2) is 8.42 Å². The topological polar surface area (TPSA) is 115 Å². The molecule has 2 aromatic carbocycles.